The monoisotopic (exact) mass is 297 g/mol. The van der Waals surface area contributed by atoms with Gasteiger partial charge in [0.05, 0.1) is 9.21 Å². The summed E-state index contributed by atoms with van der Waals surface area (Å²) in [5, 5.41) is 0. The molecule has 5 heteroatoms. The van der Waals surface area contributed by atoms with Gasteiger partial charge in [0.2, 0.25) is 0 Å². The van der Waals surface area contributed by atoms with Crippen LogP contribution in [0.15, 0.2) is 12.1 Å². The second kappa shape index (κ2) is 5.25. The van der Waals surface area contributed by atoms with Crippen molar-refractivity contribution >= 4 is 34.6 Å². The number of carbonyl (C=O) groups excluding carboxylic acids is 2. The summed E-state index contributed by atoms with van der Waals surface area (Å²) in [6.45, 7) is 0.767. The minimum atomic E-state index is 0.0408. The van der Waals surface area contributed by atoms with Crippen LogP contribution in [0.3, 0.4) is 0 Å². The molecule has 1 saturated carbocycles. The fraction of sp³-hybridized carbons (Fsp3) is 0.571. The third kappa shape index (κ3) is 2.43. The van der Waals surface area contributed by atoms with Crippen LogP contribution in [0.5, 0.6) is 0 Å². The fourth-order valence-electron chi connectivity index (χ4n) is 3.28. The van der Waals surface area contributed by atoms with Crippen molar-refractivity contribution in [1.82, 2.24) is 4.90 Å². The molecule has 3 rings (SSSR count). The first-order valence-corrected chi connectivity index (χ1v) is 7.95. The van der Waals surface area contributed by atoms with Crippen LogP contribution in [-0.2, 0) is 4.79 Å². The highest BCUT2D eigenvalue weighted by atomic mass is 35.5. The van der Waals surface area contributed by atoms with Crippen molar-refractivity contribution in [3.05, 3.63) is 21.3 Å². The summed E-state index contributed by atoms with van der Waals surface area (Å²) in [5.41, 5.74) is 0. The van der Waals surface area contributed by atoms with Crippen LogP contribution >= 0.6 is 22.9 Å². The van der Waals surface area contributed by atoms with Crippen molar-refractivity contribution in [2.24, 2.45) is 5.92 Å². The maximum absolute atomic E-state index is 12.5. The number of Topliss-reactive ketones (excluding diaryl/α,β-unsaturated/α-hetero) is 1. The molecule has 0 bridgehead atoms. The van der Waals surface area contributed by atoms with Crippen LogP contribution in [0.4, 0.5) is 0 Å². The Balaban J connectivity index is 1.79. The highest BCUT2D eigenvalue weighted by Crippen LogP contribution is 2.35. The Morgan fingerprint density at radius 2 is 2.16 bits per heavy atom. The largest absolute Gasteiger partial charge is 0.334 e. The van der Waals surface area contributed by atoms with Gasteiger partial charge in [0.25, 0.3) is 5.91 Å². The molecular formula is C14H16ClNO2S. The molecule has 2 atom stereocenters. The van der Waals surface area contributed by atoms with Crippen LogP contribution < -0.4 is 0 Å². The molecule has 0 spiro atoms. The van der Waals surface area contributed by atoms with E-state index in [0.29, 0.717) is 21.4 Å². The summed E-state index contributed by atoms with van der Waals surface area (Å²) in [4.78, 5) is 27.0. The predicted molar refractivity (Wildman–Crippen MR) is 75.7 cm³/mol. The molecule has 1 aromatic heterocycles. The Labute approximate surface area is 121 Å². The molecule has 1 aromatic rings. The molecule has 2 fully saturated rings. The van der Waals surface area contributed by atoms with Crippen molar-refractivity contribution < 1.29 is 9.59 Å². The molecule has 1 aliphatic heterocycles. The SMILES string of the molecule is O=C1CCCC1C1CCCN1C(=O)c1ccc(Cl)s1. The van der Waals surface area contributed by atoms with E-state index in [4.69, 9.17) is 11.6 Å². The van der Waals surface area contributed by atoms with Gasteiger partial charge in [0.1, 0.15) is 5.78 Å². The van der Waals surface area contributed by atoms with Crippen LogP contribution in [0.25, 0.3) is 0 Å². The molecule has 1 aliphatic carbocycles. The van der Waals surface area contributed by atoms with E-state index >= 15 is 0 Å². The molecular weight excluding hydrogens is 282 g/mol. The lowest BCUT2D eigenvalue weighted by Crippen LogP contribution is -2.41. The van der Waals surface area contributed by atoms with E-state index in [2.05, 4.69) is 0 Å². The van der Waals surface area contributed by atoms with E-state index in [1.54, 1.807) is 12.1 Å². The first-order chi connectivity index (χ1) is 9.16. The third-order valence-corrected chi connectivity index (χ3v) is 5.38. The predicted octanol–water partition coefficient (Wildman–Crippen LogP) is 3.38. The second-order valence-electron chi connectivity index (χ2n) is 5.28. The molecule has 102 valence electrons. The van der Waals surface area contributed by atoms with E-state index in [-0.39, 0.29) is 17.9 Å². The van der Waals surface area contributed by atoms with Gasteiger partial charge in [-0.15, -0.1) is 11.3 Å². The van der Waals surface area contributed by atoms with E-state index in [1.807, 2.05) is 4.90 Å². The van der Waals surface area contributed by atoms with Gasteiger partial charge in [0, 0.05) is 24.9 Å². The Hall–Kier alpha value is -0.870. The van der Waals surface area contributed by atoms with Gasteiger partial charge < -0.3 is 4.90 Å². The Morgan fingerprint density at radius 3 is 2.79 bits per heavy atom. The molecule has 3 nitrogen and oxygen atoms in total. The van der Waals surface area contributed by atoms with Gasteiger partial charge in [-0.05, 0) is 37.8 Å². The van der Waals surface area contributed by atoms with Gasteiger partial charge in [-0.1, -0.05) is 11.6 Å². The van der Waals surface area contributed by atoms with Crippen LogP contribution in [-0.4, -0.2) is 29.2 Å². The average Bonchev–Trinajstić information content (AvgIpc) is 3.07. The third-order valence-electron chi connectivity index (χ3n) is 4.16. The standard InChI is InChI=1S/C14H16ClNO2S/c15-13-7-6-12(19-13)14(18)16-8-2-4-10(16)9-3-1-5-11(9)17/h6-7,9-10H,1-5,8H2. The number of nitrogens with zero attached hydrogens (tertiary/aromatic N) is 1. The highest BCUT2D eigenvalue weighted by Gasteiger charge is 2.40. The fourth-order valence-corrected chi connectivity index (χ4v) is 4.28. The molecule has 2 heterocycles. The number of hydrogen-bond acceptors (Lipinski definition) is 3. The zero-order chi connectivity index (χ0) is 13.4. The smallest absolute Gasteiger partial charge is 0.264 e. The zero-order valence-electron chi connectivity index (χ0n) is 10.6. The molecule has 2 aliphatic rings. The number of ketones is 1. The minimum Gasteiger partial charge on any atom is -0.334 e. The van der Waals surface area contributed by atoms with Crippen molar-refractivity contribution in [3.8, 4) is 0 Å². The lowest BCUT2D eigenvalue weighted by Gasteiger charge is -2.28. The number of amides is 1. The van der Waals surface area contributed by atoms with Gasteiger partial charge >= 0.3 is 0 Å². The number of rotatable bonds is 2. The zero-order valence-corrected chi connectivity index (χ0v) is 12.2. The highest BCUT2D eigenvalue weighted by molar-refractivity contribution is 7.17. The molecule has 0 radical (unpaired) electrons. The van der Waals surface area contributed by atoms with Crippen LogP contribution in [0.2, 0.25) is 4.34 Å². The Morgan fingerprint density at radius 1 is 1.32 bits per heavy atom. The molecule has 19 heavy (non-hydrogen) atoms. The lowest BCUT2D eigenvalue weighted by molar-refractivity contribution is -0.121. The normalized spacial score (nSPS) is 27.2. The summed E-state index contributed by atoms with van der Waals surface area (Å²) in [6, 6.07) is 3.65. The number of carbonyl (C=O) groups is 2. The van der Waals surface area contributed by atoms with Crippen molar-refractivity contribution in [1.29, 1.82) is 0 Å². The molecule has 1 amide bonds. The van der Waals surface area contributed by atoms with Crippen molar-refractivity contribution in [2.75, 3.05) is 6.54 Å². The topological polar surface area (TPSA) is 37.4 Å². The summed E-state index contributed by atoms with van der Waals surface area (Å²) < 4.78 is 0.635. The number of thiophene rings is 1. The van der Waals surface area contributed by atoms with E-state index in [1.165, 1.54) is 11.3 Å². The second-order valence-corrected chi connectivity index (χ2v) is 6.99. The molecule has 0 aromatic carbocycles. The van der Waals surface area contributed by atoms with E-state index in [9.17, 15) is 9.59 Å². The number of hydrogen-bond donors (Lipinski definition) is 0. The quantitative estimate of drug-likeness (QED) is 0.839. The summed E-state index contributed by atoms with van der Waals surface area (Å²) >= 11 is 7.21. The van der Waals surface area contributed by atoms with E-state index in [0.717, 1.165) is 32.2 Å². The van der Waals surface area contributed by atoms with Crippen molar-refractivity contribution in [2.45, 2.75) is 38.1 Å². The maximum atomic E-state index is 12.5. The number of halogens is 1. The van der Waals surface area contributed by atoms with Gasteiger partial charge in [0.15, 0.2) is 0 Å². The average molecular weight is 298 g/mol. The maximum Gasteiger partial charge on any atom is 0.264 e. The minimum absolute atomic E-state index is 0.0408. The first-order valence-electron chi connectivity index (χ1n) is 6.76. The van der Waals surface area contributed by atoms with Gasteiger partial charge in [-0.25, -0.2) is 0 Å². The van der Waals surface area contributed by atoms with Crippen LogP contribution in [0, 0.1) is 5.92 Å². The van der Waals surface area contributed by atoms with Crippen LogP contribution in [0.1, 0.15) is 41.8 Å². The van der Waals surface area contributed by atoms with Crippen molar-refractivity contribution in [3.63, 3.8) is 0 Å². The van der Waals surface area contributed by atoms with E-state index < -0.39 is 0 Å². The van der Waals surface area contributed by atoms with Gasteiger partial charge in [-0.2, -0.15) is 0 Å². The molecule has 2 unspecified atom stereocenters. The lowest BCUT2D eigenvalue weighted by atomic mass is 9.95. The summed E-state index contributed by atoms with van der Waals surface area (Å²) in [7, 11) is 0. The summed E-state index contributed by atoms with van der Waals surface area (Å²) in [5.74, 6) is 0.454. The Bertz CT molecular complexity index is 513. The molecule has 1 saturated heterocycles. The number of likely N-dealkylation sites (tertiary alicyclic amines) is 1. The summed E-state index contributed by atoms with van der Waals surface area (Å²) in [6.07, 6.45) is 4.57. The Kier molecular flexibility index (Phi) is 3.63. The molecule has 0 N–H and O–H groups in total. The first kappa shape index (κ1) is 13.1. The van der Waals surface area contributed by atoms with Gasteiger partial charge in [-0.3, -0.25) is 9.59 Å².